The molecule has 0 bridgehead atoms. The van der Waals surface area contributed by atoms with Gasteiger partial charge in [0.1, 0.15) is 0 Å². The Kier molecular flexibility index (Phi) is 4.10. The summed E-state index contributed by atoms with van der Waals surface area (Å²) in [6, 6.07) is 9.18. The van der Waals surface area contributed by atoms with E-state index in [1.807, 2.05) is 0 Å². The number of non-ortho nitro benzene ring substituents is 1. The molecule has 0 aliphatic carbocycles. The highest BCUT2D eigenvalue weighted by Gasteiger charge is 2.13. The monoisotopic (exact) mass is 290 g/mol. The van der Waals surface area contributed by atoms with E-state index in [-0.39, 0.29) is 11.4 Å². The van der Waals surface area contributed by atoms with Crippen LogP contribution in [0.5, 0.6) is 0 Å². The summed E-state index contributed by atoms with van der Waals surface area (Å²) in [6.07, 6.45) is 0. The number of nitrogens with two attached hydrogens (primary N) is 1. The summed E-state index contributed by atoms with van der Waals surface area (Å²) < 4.78 is 13.7. The van der Waals surface area contributed by atoms with E-state index in [2.05, 4.69) is 10.7 Å². The van der Waals surface area contributed by atoms with Gasteiger partial charge in [-0.15, -0.1) is 0 Å². The van der Waals surface area contributed by atoms with Gasteiger partial charge in [-0.1, -0.05) is 0 Å². The molecular formula is C13H11FN4O3. The maximum Gasteiger partial charge on any atom is 0.272 e. The predicted octanol–water partition coefficient (Wildman–Crippen LogP) is 2.27. The van der Waals surface area contributed by atoms with Gasteiger partial charge >= 0.3 is 0 Å². The highest BCUT2D eigenvalue weighted by molar-refractivity contribution is 6.04. The number of hydrazine groups is 1. The molecule has 108 valence electrons. The number of benzene rings is 2. The first-order valence-corrected chi connectivity index (χ1v) is 5.83. The molecule has 7 nitrogen and oxygen atoms in total. The maximum atomic E-state index is 13.7. The van der Waals surface area contributed by atoms with Crippen molar-refractivity contribution in [2.75, 3.05) is 10.7 Å². The predicted molar refractivity (Wildman–Crippen MR) is 75.3 cm³/mol. The normalized spacial score (nSPS) is 10.0. The molecule has 2 aromatic carbocycles. The molecule has 0 fully saturated rings. The Morgan fingerprint density at radius 2 is 1.86 bits per heavy atom. The number of hydrogen-bond acceptors (Lipinski definition) is 5. The molecule has 4 N–H and O–H groups in total. The summed E-state index contributed by atoms with van der Waals surface area (Å²) in [5.74, 6) is 3.79. The van der Waals surface area contributed by atoms with E-state index in [4.69, 9.17) is 5.84 Å². The van der Waals surface area contributed by atoms with E-state index < -0.39 is 16.6 Å². The van der Waals surface area contributed by atoms with E-state index in [1.54, 1.807) is 12.1 Å². The van der Waals surface area contributed by atoms with E-state index in [1.165, 1.54) is 12.1 Å². The van der Waals surface area contributed by atoms with Crippen LogP contribution in [0, 0.1) is 15.9 Å². The van der Waals surface area contributed by atoms with Gasteiger partial charge in [-0.2, -0.15) is 0 Å². The SMILES string of the molecule is NNc1ccc(C(=O)Nc2ccc([N+](=O)[O-])cc2F)cc1. The van der Waals surface area contributed by atoms with Crippen LogP contribution in [0.2, 0.25) is 0 Å². The molecule has 0 aromatic heterocycles. The van der Waals surface area contributed by atoms with Crippen LogP contribution in [0.15, 0.2) is 42.5 Å². The van der Waals surface area contributed by atoms with Gasteiger partial charge in [0.2, 0.25) is 0 Å². The number of nitrogen functional groups attached to an aromatic ring is 1. The smallest absolute Gasteiger partial charge is 0.272 e. The lowest BCUT2D eigenvalue weighted by Gasteiger charge is -2.07. The van der Waals surface area contributed by atoms with Crippen molar-refractivity contribution in [2.24, 2.45) is 5.84 Å². The number of carbonyl (C=O) groups excluding carboxylic acids is 1. The molecule has 0 aliphatic rings. The van der Waals surface area contributed by atoms with Gasteiger partial charge in [-0.3, -0.25) is 20.8 Å². The second kappa shape index (κ2) is 5.97. The van der Waals surface area contributed by atoms with E-state index in [0.29, 0.717) is 11.3 Å². The number of hydrogen-bond donors (Lipinski definition) is 3. The first kappa shape index (κ1) is 14.4. The molecule has 0 saturated heterocycles. The molecule has 0 saturated carbocycles. The zero-order valence-electron chi connectivity index (χ0n) is 10.7. The van der Waals surface area contributed by atoms with Crippen LogP contribution in [0.1, 0.15) is 10.4 Å². The van der Waals surface area contributed by atoms with Crippen LogP contribution in [0.25, 0.3) is 0 Å². The van der Waals surface area contributed by atoms with Gasteiger partial charge in [0.05, 0.1) is 16.7 Å². The van der Waals surface area contributed by atoms with Crippen molar-refractivity contribution in [3.8, 4) is 0 Å². The van der Waals surface area contributed by atoms with Crippen LogP contribution >= 0.6 is 0 Å². The van der Waals surface area contributed by atoms with E-state index in [0.717, 1.165) is 18.2 Å². The van der Waals surface area contributed by atoms with Crippen LogP contribution in [0.4, 0.5) is 21.5 Å². The minimum atomic E-state index is -0.877. The number of nitro groups is 1. The van der Waals surface area contributed by atoms with Gasteiger partial charge < -0.3 is 10.7 Å². The Hall–Kier alpha value is -3.00. The minimum absolute atomic E-state index is 0.133. The van der Waals surface area contributed by atoms with Crippen molar-refractivity contribution in [2.45, 2.75) is 0 Å². The standard InChI is InChI=1S/C13H11FN4O3/c14-11-7-10(18(20)21)5-6-12(11)16-13(19)8-1-3-9(17-15)4-2-8/h1-7,17H,15H2,(H,16,19). The number of rotatable bonds is 4. The lowest BCUT2D eigenvalue weighted by Crippen LogP contribution is -2.13. The summed E-state index contributed by atoms with van der Waals surface area (Å²) in [7, 11) is 0. The molecule has 21 heavy (non-hydrogen) atoms. The fourth-order valence-corrected chi connectivity index (χ4v) is 1.63. The topological polar surface area (TPSA) is 110 Å². The van der Waals surface area contributed by atoms with Gasteiger partial charge in [-0.25, -0.2) is 4.39 Å². The Balaban J connectivity index is 2.17. The highest BCUT2D eigenvalue weighted by atomic mass is 19.1. The molecule has 2 aromatic rings. The second-order valence-electron chi connectivity index (χ2n) is 4.10. The van der Waals surface area contributed by atoms with Crippen LogP contribution < -0.4 is 16.6 Å². The number of anilines is 2. The molecule has 1 amide bonds. The van der Waals surface area contributed by atoms with Gasteiger partial charge in [0.15, 0.2) is 5.82 Å². The van der Waals surface area contributed by atoms with Crippen molar-refractivity contribution in [3.05, 3.63) is 64.0 Å². The van der Waals surface area contributed by atoms with E-state index in [9.17, 15) is 19.3 Å². The third-order valence-electron chi connectivity index (χ3n) is 2.73. The first-order valence-electron chi connectivity index (χ1n) is 5.83. The number of carbonyl (C=O) groups is 1. The summed E-state index contributed by atoms with van der Waals surface area (Å²) in [6.45, 7) is 0. The largest absolute Gasteiger partial charge is 0.324 e. The van der Waals surface area contributed by atoms with Crippen molar-refractivity contribution in [3.63, 3.8) is 0 Å². The number of nitrogens with one attached hydrogen (secondary N) is 2. The van der Waals surface area contributed by atoms with Crippen LogP contribution in [-0.4, -0.2) is 10.8 Å². The Labute approximate surface area is 118 Å². The Bertz CT molecular complexity index is 688. The average molecular weight is 290 g/mol. The first-order chi connectivity index (χ1) is 10.0. The quantitative estimate of drug-likeness (QED) is 0.454. The Morgan fingerprint density at radius 3 is 2.38 bits per heavy atom. The summed E-state index contributed by atoms with van der Waals surface area (Å²) in [5, 5.41) is 12.8. The average Bonchev–Trinajstić information content (AvgIpc) is 2.49. The summed E-state index contributed by atoms with van der Waals surface area (Å²) in [5.41, 5.74) is 2.81. The summed E-state index contributed by atoms with van der Waals surface area (Å²) >= 11 is 0. The zero-order chi connectivity index (χ0) is 15.4. The molecule has 0 spiro atoms. The third-order valence-corrected chi connectivity index (χ3v) is 2.73. The molecule has 0 radical (unpaired) electrons. The lowest BCUT2D eigenvalue weighted by atomic mass is 10.2. The van der Waals surface area contributed by atoms with E-state index >= 15 is 0 Å². The molecular weight excluding hydrogens is 279 g/mol. The minimum Gasteiger partial charge on any atom is -0.324 e. The maximum absolute atomic E-state index is 13.7. The van der Waals surface area contributed by atoms with Crippen molar-refractivity contribution >= 4 is 23.0 Å². The fourth-order valence-electron chi connectivity index (χ4n) is 1.63. The molecule has 2 rings (SSSR count). The van der Waals surface area contributed by atoms with Gasteiger partial charge in [0, 0.05) is 17.3 Å². The van der Waals surface area contributed by atoms with Crippen LogP contribution in [-0.2, 0) is 0 Å². The zero-order valence-corrected chi connectivity index (χ0v) is 10.7. The molecule has 0 aliphatic heterocycles. The molecule has 8 heteroatoms. The molecule has 0 unspecified atom stereocenters. The number of nitro benzene ring substituents is 1. The summed E-state index contributed by atoms with van der Waals surface area (Å²) in [4.78, 5) is 21.7. The van der Waals surface area contributed by atoms with Gasteiger partial charge in [-0.05, 0) is 30.3 Å². The molecule has 0 heterocycles. The van der Waals surface area contributed by atoms with Crippen LogP contribution in [0.3, 0.4) is 0 Å². The molecule has 0 atom stereocenters. The van der Waals surface area contributed by atoms with Gasteiger partial charge in [0.25, 0.3) is 11.6 Å². The highest BCUT2D eigenvalue weighted by Crippen LogP contribution is 2.21. The lowest BCUT2D eigenvalue weighted by molar-refractivity contribution is -0.385. The van der Waals surface area contributed by atoms with Crippen molar-refractivity contribution in [1.82, 2.24) is 0 Å². The van der Waals surface area contributed by atoms with Crippen molar-refractivity contribution < 1.29 is 14.1 Å². The second-order valence-corrected chi connectivity index (χ2v) is 4.10. The third kappa shape index (κ3) is 3.31. The van der Waals surface area contributed by atoms with Crippen molar-refractivity contribution in [1.29, 1.82) is 0 Å². The number of nitrogens with zero attached hydrogens (tertiary/aromatic N) is 1. The number of amides is 1. The number of halogens is 1. The fraction of sp³-hybridized carbons (Fsp3) is 0. The Morgan fingerprint density at radius 1 is 1.19 bits per heavy atom.